The van der Waals surface area contributed by atoms with Crippen molar-refractivity contribution in [2.45, 2.75) is 17.2 Å². The van der Waals surface area contributed by atoms with E-state index in [0.29, 0.717) is 14.9 Å². The first-order chi connectivity index (χ1) is 10.7. The molecular weight excluding hydrogens is 379 g/mol. The fourth-order valence-corrected chi connectivity index (χ4v) is 4.50. The van der Waals surface area contributed by atoms with Gasteiger partial charge in [0.25, 0.3) is 5.91 Å². The molecule has 0 aliphatic carbocycles. The molecule has 0 aliphatic heterocycles. The highest BCUT2D eigenvalue weighted by Crippen LogP contribution is 2.27. The molecular formula is C14H14Cl2N2O3S2. The smallest absolute Gasteiger partial charge is 0.261 e. The molecule has 2 aromatic rings. The number of thiophene rings is 1. The van der Waals surface area contributed by atoms with Crippen molar-refractivity contribution in [3.05, 3.63) is 50.8 Å². The van der Waals surface area contributed by atoms with Crippen molar-refractivity contribution >= 4 is 50.5 Å². The second kappa shape index (κ2) is 7.19. The van der Waals surface area contributed by atoms with Gasteiger partial charge in [-0.15, -0.1) is 11.3 Å². The Morgan fingerprint density at radius 1 is 1.22 bits per heavy atom. The van der Waals surface area contributed by atoms with Gasteiger partial charge in [-0.05, 0) is 43.8 Å². The van der Waals surface area contributed by atoms with E-state index in [-0.39, 0.29) is 16.2 Å². The molecule has 0 saturated carbocycles. The first kappa shape index (κ1) is 18.2. The van der Waals surface area contributed by atoms with Gasteiger partial charge in [0.05, 0.1) is 10.9 Å². The van der Waals surface area contributed by atoms with Gasteiger partial charge in [-0.1, -0.05) is 29.3 Å². The Morgan fingerprint density at radius 3 is 2.52 bits per heavy atom. The minimum absolute atomic E-state index is 0.0855. The summed E-state index contributed by atoms with van der Waals surface area (Å²) in [6.07, 6.45) is 0. The maximum absolute atomic E-state index is 12.3. The number of sulfonamides is 1. The van der Waals surface area contributed by atoms with Crippen molar-refractivity contribution in [2.75, 3.05) is 7.05 Å². The predicted octanol–water partition coefficient (Wildman–Crippen LogP) is 3.45. The van der Waals surface area contributed by atoms with Gasteiger partial charge in [0, 0.05) is 10.0 Å². The zero-order valence-electron chi connectivity index (χ0n) is 12.3. The fraction of sp³-hybridized carbons (Fsp3) is 0.214. The normalized spacial score (nSPS) is 12.9. The van der Waals surface area contributed by atoms with E-state index >= 15 is 0 Å². The molecule has 1 aromatic heterocycles. The lowest BCUT2D eigenvalue weighted by molar-refractivity contribution is 0.0944. The lowest BCUT2D eigenvalue weighted by Gasteiger charge is -2.15. The summed E-state index contributed by atoms with van der Waals surface area (Å²) in [6.45, 7) is 1.78. The van der Waals surface area contributed by atoms with Gasteiger partial charge in [0.15, 0.2) is 0 Å². The lowest BCUT2D eigenvalue weighted by atomic mass is 10.1. The zero-order chi connectivity index (χ0) is 17.2. The molecule has 0 fully saturated rings. The second-order valence-electron chi connectivity index (χ2n) is 4.69. The summed E-state index contributed by atoms with van der Waals surface area (Å²) in [5.41, 5.74) is 0.726. The van der Waals surface area contributed by atoms with Crippen molar-refractivity contribution in [3.8, 4) is 0 Å². The summed E-state index contributed by atoms with van der Waals surface area (Å²) < 4.78 is 25.7. The number of halogens is 2. The van der Waals surface area contributed by atoms with Crippen molar-refractivity contribution in [2.24, 2.45) is 0 Å². The molecule has 0 unspecified atom stereocenters. The van der Waals surface area contributed by atoms with Gasteiger partial charge in [-0.3, -0.25) is 4.79 Å². The molecule has 2 rings (SSSR count). The number of carbonyl (C=O) groups is 1. The summed E-state index contributed by atoms with van der Waals surface area (Å²) in [4.78, 5) is 12.6. The third-order valence-corrected chi connectivity index (χ3v) is 6.67. The third kappa shape index (κ3) is 4.24. The van der Waals surface area contributed by atoms with E-state index in [2.05, 4.69) is 10.0 Å². The maximum atomic E-state index is 12.3. The molecule has 1 atom stereocenters. The van der Waals surface area contributed by atoms with E-state index in [1.807, 2.05) is 0 Å². The van der Waals surface area contributed by atoms with Crippen LogP contribution in [0.15, 0.2) is 34.5 Å². The number of hydrogen-bond donors (Lipinski definition) is 2. The van der Waals surface area contributed by atoms with Crippen LogP contribution in [-0.4, -0.2) is 21.4 Å². The van der Waals surface area contributed by atoms with Crippen molar-refractivity contribution in [3.63, 3.8) is 0 Å². The van der Waals surface area contributed by atoms with Crippen LogP contribution >= 0.6 is 34.5 Å². The molecule has 0 bridgehead atoms. The maximum Gasteiger partial charge on any atom is 0.261 e. The van der Waals surface area contributed by atoms with E-state index < -0.39 is 10.0 Å². The van der Waals surface area contributed by atoms with Crippen molar-refractivity contribution in [1.29, 1.82) is 0 Å². The van der Waals surface area contributed by atoms with Crippen molar-refractivity contribution < 1.29 is 13.2 Å². The SMILES string of the molecule is CNS(=O)(=O)c1ccc(C(=O)N[C@H](C)c2ccc(Cl)cc2Cl)s1. The topological polar surface area (TPSA) is 75.3 Å². The van der Waals surface area contributed by atoms with Gasteiger partial charge in [0.1, 0.15) is 4.21 Å². The van der Waals surface area contributed by atoms with Gasteiger partial charge in [-0.25, -0.2) is 13.1 Å². The Morgan fingerprint density at radius 2 is 1.91 bits per heavy atom. The minimum atomic E-state index is -3.55. The van der Waals surface area contributed by atoms with E-state index in [1.165, 1.54) is 19.2 Å². The van der Waals surface area contributed by atoms with Crippen LogP contribution in [0.1, 0.15) is 28.2 Å². The first-order valence-electron chi connectivity index (χ1n) is 6.54. The van der Waals surface area contributed by atoms with E-state index in [0.717, 1.165) is 16.9 Å². The quantitative estimate of drug-likeness (QED) is 0.817. The Hall–Kier alpha value is -1.12. The molecule has 2 N–H and O–H groups in total. The number of benzene rings is 1. The highest BCUT2D eigenvalue weighted by Gasteiger charge is 2.19. The Kier molecular flexibility index (Phi) is 5.70. The Bertz CT molecular complexity index is 834. The molecule has 1 aromatic carbocycles. The summed E-state index contributed by atoms with van der Waals surface area (Å²) in [6, 6.07) is 7.55. The van der Waals surface area contributed by atoms with Crippen LogP contribution in [0.2, 0.25) is 10.0 Å². The van der Waals surface area contributed by atoms with Crippen LogP contribution in [-0.2, 0) is 10.0 Å². The third-order valence-electron chi connectivity index (χ3n) is 3.12. The number of rotatable bonds is 5. The molecule has 5 nitrogen and oxygen atoms in total. The summed E-state index contributed by atoms with van der Waals surface area (Å²) in [5.74, 6) is -0.369. The molecule has 23 heavy (non-hydrogen) atoms. The zero-order valence-corrected chi connectivity index (χ0v) is 15.4. The van der Waals surface area contributed by atoms with E-state index in [9.17, 15) is 13.2 Å². The average Bonchev–Trinajstić information content (AvgIpc) is 2.97. The van der Waals surface area contributed by atoms with Crippen molar-refractivity contribution in [1.82, 2.24) is 10.0 Å². The fourth-order valence-electron chi connectivity index (χ4n) is 1.89. The average molecular weight is 393 g/mol. The molecule has 1 heterocycles. The summed E-state index contributed by atoms with van der Waals surface area (Å²) in [7, 11) is -2.23. The number of amides is 1. The van der Waals surface area contributed by atoms with Gasteiger partial charge in [0.2, 0.25) is 10.0 Å². The number of nitrogens with one attached hydrogen (secondary N) is 2. The van der Waals surface area contributed by atoms with E-state index in [1.54, 1.807) is 25.1 Å². The molecule has 0 saturated heterocycles. The molecule has 124 valence electrons. The monoisotopic (exact) mass is 392 g/mol. The Balaban J connectivity index is 2.16. The first-order valence-corrected chi connectivity index (χ1v) is 9.59. The van der Waals surface area contributed by atoms with Crippen LogP contribution in [0, 0.1) is 0 Å². The van der Waals surface area contributed by atoms with Gasteiger partial charge in [-0.2, -0.15) is 0 Å². The Labute approximate surface area is 148 Å². The van der Waals surface area contributed by atoms with Crippen LogP contribution in [0.25, 0.3) is 0 Å². The van der Waals surface area contributed by atoms with Gasteiger partial charge < -0.3 is 5.32 Å². The van der Waals surface area contributed by atoms with Gasteiger partial charge >= 0.3 is 0 Å². The van der Waals surface area contributed by atoms with Crippen LogP contribution < -0.4 is 10.0 Å². The molecule has 0 aliphatic rings. The predicted molar refractivity (Wildman–Crippen MR) is 92.9 cm³/mol. The highest BCUT2D eigenvalue weighted by molar-refractivity contribution is 7.91. The number of hydrogen-bond acceptors (Lipinski definition) is 4. The largest absolute Gasteiger partial charge is 0.345 e. The molecule has 0 spiro atoms. The summed E-state index contributed by atoms with van der Waals surface area (Å²) in [5, 5.41) is 3.75. The second-order valence-corrected chi connectivity index (χ2v) is 8.73. The van der Waals surface area contributed by atoms with Crippen LogP contribution in [0.3, 0.4) is 0 Å². The molecule has 1 amide bonds. The van der Waals surface area contributed by atoms with Crippen LogP contribution in [0.5, 0.6) is 0 Å². The number of carbonyl (C=O) groups excluding carboxylic acids is 1. The van der Waals surface area contributed by atoms with E-state index in [4.69, 9.17) is 23.2 Å². The summed E-state index contributed by atoms with van der Waals surface area (Å²) >= 11 is 12.9. The highest BCUT2D eigenvalue weighted by atomic mass is 35.5. The molecule has 0 radical (unpaired) electrons. The molecule has 9 heteroatoms. The minimum Gasteiger partial charge on any atom is -0.345 e. The van der Waals surface area contributed by atoms with Crippen LogP contribution in [0.4, 0.5) is 0 Å². The standard InChI is InChI=1S/C14H14Cl2N2O3S2/c1-8(10-4-3-9(15)7-11(10)16)18-14(19)12-5-6-13(22-12)23(20,21)17-2/h3-8,17H,1-2H3,(H,18,19)/t8-/m1/s1. The lowest BCUT2D eigenvalue weighted by Crippen LogP contribution is -2.26.